The zero-order chi connectivity index (χ0) is 15.9. The van der Waals surface area contributed by atoms with Gasteiger partial charge < -0.3 is 10.2 Å². The summed E-state index contributed by atoms with van der Waals surface area (Å²) in [5.74, 6) is 0.830. The van der Waals surface area contributed by atoms with Gasteiger partial charge in [0.05, 0.1) is 0 Å². The topological polar surface area (TPSA) is 18.5 Å². The second kappa shape index (κ2) is 8.62. The maximum atomic E-state index is 3.63. The van der Waals surface area contributed by atoms with E-state index in [9.17, 15) is 0 Å². The number of nitrogens with one attached hydrogen (secondary N) is 1. The Labute approximate surface area is 141 Å². The van der Waals surface area contributed by atoms with E-state index in [1.807, 2.05) is 0 Å². The summed E-state index contributed by atoms with van der Waals surface area (Å²) < 4.78 is 0. The van der Waals surface area contributed by atoms with Crippen LogP contribution in [0.4, 0.5) is 0 Å². The Kier molecular flexibility index (Phi) is 6.26. The summed E-state index contributed by atoms with van der Waals surface area (Å²) in [6, 6.07) is 9.19. The molecule has 0 radical (unpaired) electrons. The largest absolute Gasteiger partial charge is 0.312 e. The Morgan fingerprint density at radius 2 is 1.74 bits per heavy atom. The van der Waals surface area contributed by atoms with Crippen LogP contribution in [0.2, 0.25) is 0 Å². The molecule has 0 amide bonds. The fourth-order valence-corrected chi connectivity index (χ4v) is 3.49. The van der Waals surface area contributed by atoms with Gasteiger partial charge in [-0.2, -0.15) is 0 Å². The number of likely N-dealkylation sites (N-methyl/N-ethyl adjacent to an activating group) is 1. The lowest BCUT2D eigenvalue weighted by molar-refractivity contribution is 0.148. The van der Waals surface area contributed by atoms with Crippen molar-refractivity contribution >= 4 is 0 Å². The molecule has 23 heavy (non-hydrogen) atoms. The average Bonchev–Trinajstić information content (AvgIpc) is 2.59. The summed E-state index contributed by atoms with van der Waals surface area (Å²) in [6.45, 7) is 8.00. The molecule has 2 aliphatic rings. The molecular weight excluding hydrogens is 282 g/mol. The van der Waals surface area contributed by atoms with Gasteiger partial charge in [0.15, 0.2) is 0 Å². The number of benzene rings is 1. The van der Waals surface area contributed by atoms with Gasteiger partial charge in [0, 0.05) is 39.3 Å². The molecule has 0 aromatic heterocycles. The number of rotatable bonds is 6. The van der Waals surface area contributed by atoms with Crippen molar-refractivity contribution in [3.05, 3.63) is 47.5 Å². The minimum atomic E-state index is 0.830. The first-order valence-corrected chi connectivity index (χ1v) is 9.14. The number of hydrogen-bond acceptors (Lipinski definition) is 3. The molecule has 1 aromatic rings. The van der Waals surface area contributed by atoms with E-state index in [2.05, 4.69) is 58.6 Å². The van der Waals surface area contributed by atoms with E-state index in [-0.39, 0.29) is 0 Å². The van der Waals surface area contributed by atoms with E-state index in [0.717, 1.165) is 25.6 Å². The van der Waals surface area contributed by atoms with E-state index < -0.39 is 0 Å². The van der Waals surface area contributed by atoms with Gasteiger partial charge in [0.1, 0.15) is 0 Å². The lowest BCUT2D eigenvalue weighted by atomic mass is 9.94. The molecule has 0 saturated carbocycles. The molecule has 3 rings (SSSR count). The summed E-state index contributed by atoms with van der Waals surface area (Å²) in [7, 11) is 2.21. The maximum absolute atomic E-state index is 3.63. The van der Waals surface area contributed by atoms with Gasteiger partial charge in [-0.15, -0.1) is 0 Å². The molecule has 1 aliphatic heterocycles. The fourth-order valence-electron chi connectivity index (χ4n) is 3.49. The van der Waals surface area contributed by atoms with Gasteiger partial charge in [-0.1, -0.05) is 36.4 Å². The van der Waals surface area contributed by atoms with E-state index in [0.29, 0.717) is 0 Å². The van der Waals surface area contributed by atoms with Crippen LogP contribution in [-0.4, -0.2) is 49.6 Å². The molecule has 1 saturated heterocycles. The van der Waals surface area contributed by atoms with Gasteiger partial charge in [-0.25, -0.2) is 0 Å². The minimum absolute atomic E-state index is 0.830. The van der Waals surface area contributed by atoms with Crippen molar-refractivity contribution < 1.29 is 0 Å². The van der Waals surface area contributed by atoms with Crippen LogP contribution in [0.15, 0.2) is 36.4 Å². The third kappa shape index (κ3) is 5.45. The quantitative estimate of drug-likeness (QED) is 0.815. The zero-order valence-corrected chi connectivity index (χ0v) is 14.5. The van der Waals surface area contributed by atoms with Crippen molar-refractivity contribution in [2.24, 2.45) is 5.92 Å². The van der Waals surface area contributed by atoms with Crippen LogP contribution in [0.5, 0.6) is 0 Å². The lowest BCUT2D eigenvalue weighted by Gasteiger charge is -2.32. The molecule has 1 fully saturated rings. The summed E-state index contributed by atoms with van der Waals surface area (Å²) >= 11 is 0. The van der Waals surface area contributed by atoms with E-state index in [1.54, 1.807) is 0 Å². The predicted molar refractivity (Wildman–Crippen MR) is 97.4 cm³/mol. The van der Waals surface area contributed by atoms with Crippen molar-refractivity contribution in [2.45, 2.75) is 32.4 Å². The van der Waals surface area contributed by atoms with Crippen LogP contribution >= 0.6 is 0 Å². The van der Waals surface area contributed by atoms with E-state index >= 15 is 0 Å². The summed E-state index contributed by atoms with van der Waals surface area (Å²) in [5.41, 5.74) is 2.84. The van der Waals surface area contributed by atoms with Crippen molar-refractivity contribution in [2.75, 3.05) is 39.8 Å². The van der Waals surface area contributed by atoms with Crippen LogP contribution in [0.1, 0.15) is 30.4 Å². The molecule has 3 heteroatoms. The smallest absolute Gasteiger partial charge is 0.0234 e. The van der Waals surface area contributed by atoms with Crippen molar-refractivity contribution in [1.82, 2.24) is 15.1 Å². The summed E-state index contributed by atoms with van der Waals surface area (Å²) in [6.07, 6.45) is 8.50. The molecule has 1 aromatic carbocycles. The van der Waals surface area contributed by atoms with Crippen molar-refractivity contribution in [1.29, 1.82) is 0 Å². The average molecular weight is 313 g/mol. The first-order valence-electron chi connectivity index (χ1n) is 9.14. The lowest BCUT2D eigenvalue weighted by Crippen LogP contribution is -2.43. The monoisotopic (exact) mass is 313 g/mol. The van der Waals surface area contributed by atoms with Gasteiger partial charge in [0.2, 0.25) is 0 Å². The van der Waals surface area contributed by atoms with Gasteiger partial charge in [-0.05, 0) is 49.9 Å². The van der Waals surface area contributed by atoms with E-state index in [4.69, 9.17) is 0 Å². The highest BCUT2D eigenvalue weighted by atomic mass is 15.2. The van der Waals surface area contributed by atoms with Crippen LogP contribution < -0.4 is 5.32 Å². The van der Waals surface area contributed by atoms with Crippen LogP contribution in [0.25, 0.3) is 0 Å². The Balaban J connectivity index is 1.39. The first-order chi connectivity index (χ1) is 11.3. The normalized spacial score (nSPS) is 23.3. The fraction of sp³-hybridized carbons (Fsp3) is 0.600. The summed E-state index contributed by atoms with van der Waals surface area (Å²) in [5, 5.41) is 3.63. The Morgan fingerprint density at radius 3 is 2.43 bits per heavy atom. The van der Waals surface area contributed by atoms with Crippen LogP contribution in [-0.2, 0) is 13.1 Å². The van der Waals surface area contributed by atoms with Crippen molar-refractivity contribution in [3.8, 4) is 0 Å². The van der Waals surface area contributed by atoms with Gasteiger partial charge in [-0.3, -0.25) is 4.90 Å². The third-order valence-electron chi connectivity index (χ3n) is 5.16. The molecule has 1 N–H and O–H groups in total. The van der Waals surface area contributed by atoms with E-state index in [1.165, 1.54) is 56.6 Å². The highest BCUT2D eigenvalue weighted by Gasteiger charge is 2.13. The summed E-state index contributed by atoms with van der Waals surface area (Å²) in [4.78, 5) is 4.97. The molecule has 1 heterocycles. The third-order valence-corrected chi connectivity index (χ3v) is 5.16. The molecule has 126 valence electrons. The number of allylic oxidation sites excluding steroid dienone is 2. The molecular formula is C20H31N3. The Bertz CT molecular complexity index is 486. The molecule has 3 nitrogen and oxygen atoms in total. The number of nitrogens with zero attached hydrogens (tertiary/aromatic N) is 2. The highest BCUT2D eigenvalue weighted by Crippen LogP contribution is 2.17. The van der Waals surface area contributed by atoms with Gasteiger partial charge in [0.25, 0.3) is 0 Å². The molecule has 1 atom stereocenters. The minimum Gasteiger partial charge on any atom is -0.312 e. The maximum Gasteiger partial charge on any atom is 0.0234 e. The van der Waals surface area contributed by atoms with Gasteiger partial charge >= 0.3 is 0 Å². The van der Waals surface area contributed by atoms with Crippen molar-refractivity contribution in [3.63, 3.8) is 0 Å². The van der Waals surface area contributed by atoms with Crippen LogP contribution in [0, 0.1) is 5.92 Å². The Morgan fingerprint density at radius 1 is 1.00 bits per heavy atom. The second-order valence-corrected chi connectivity index (χ2v) is 7.18. The highest BCUT2D eigenvalue weighted by molar-refractivity contribution is 5.22. The number of piperazine rings is 1. The SMILES string of the molecule is CN1CCN(Cc2ccc(CNCC3CC=CCC3)cc2)CC1. The molecule has 1 unspecified atom stereocenters. The number of hydrogen-bond donors (Lipinski definition) is 1. The standard InChI is InChI=1S/C20H31N3/c1-22-11-13-23(14-12-22)17-20-9-7-19(8-10-20)16-21-15-18-5-3-2-4-6-18/h2-3,7-10,18,21H,4-6,11-17H2,1H3. The zero-order valence-electron chi connectivity index (χ0n) is 14.5. The molecule has 0 bridgehead atoms. The Hall–Kier alpha value is -1.16. The first kappa shape index (κ1) is 16.7. The second-order valence-electron chi connectivity index (χ2n) is 7.18. The predicted octanol–water partition coefficient (Wildman–Crippen LogP) is 2.88. The molecule has 0 spiro atoms. The molecule has 1 aliphatic carbocycles. The van der Waals surface area contributed by atoms with Crippen LogP contribution in [0.3, 0.4) is 0 Å².